The van der Waals surface area contributed by atoms with Crippen molar-refractivity contribution in [3.05, 3.63) is 0 Å². The van der Waals surface area contributed by atoms with Gasteiger partial charge in [0.15, 0.2) is 0 Å². The quantitative estimate of drug-likeness (QED) is 0.676. The Hall–Kier alpha value is -0.480. The standard InChI is InChI=1S/C13H21N/c1-2-13(11-7-6-8-11)14-12-9-4-3-5-10-12/h1,11-14H,3-10H2. The highest BCUT2D eigenvalue weighted by Gasteiger charge is 2.27. The zero-order valence-electron chi connectivity index (χ0n) is 8.97. The molecule has 0 radical (unpaired) electrons. The predicted octanol–water partition coefficient (Wildman–Crippen LogP) is 2.71. The van der Waals surface area contributed by atoms with Gasteiger partial charge in [0.05, 0.1) is 6.04 Å². The van der Waals surface area contributed by atoms with E-state index >= 15 is 0 Å². The summed E-state index contributed by atoms with van der Waals surface area (Å²) in [6.45, 7) is 0. The van der Waals surface area contributed by atoms with Gasteiger partial charge in [-0.05, 0) is 31.6 Å². The summed E-state index contributed by atoms with van der Waals surface area (Å²) in [4.78, 5) is 0. The van der Waals surface area contributed by atoms with E-state index in [2.05, 4.69) is 11.2 Å². The molecule has 2 rings (SSSR count). The van der Waals surface area contributed by atoms with Gasteiger partial charge in [0.25, 0.3) is 0 Å². The molecule has 0 bridgehead atoms. The van der Waals surface area contributed by atoms with Crippen molar-refractivity contribution in [3.8, 4) is 12.3 Å². The zero-order chi connectivity index (χ0) is 9.80. The van der Waals surface area contributed by atoms with Gasteiger partial charge in [0.2, 0.25) is 0 Å². The van der Waals surface area contributed by atoms with Crippen molar-refractivity contribution in [1.29, 1.82) is 0 Å². The third kappa shape index (κ3) is 2.30. The smallest absolute Gasteiger partial charge is 0.0717 e. The number of terminal acetylenes is 1. The fourth-order valence-corrected chi connectivity index (χ4v) is 2.62. The van der Waals surface area contributed by atoms with Crippen LogP contribution in [-0.4, -0.2) is 12.1 Å². The van der Waals surface area contributed by atoms with Crippen molar-refractivity contribution in [3.63, 3.8) is 0 Å². The van der Waals surface area contributed by atoms with Crippen molar-refractivity contribution in [2.75, 3.05) is 0 Å². The second-order valence-corrected chi connectivity index (χ2v) is 4.84. The molecule has 0 heterocycles. The summed E-state index contributed by atoms with van der Waals surface area (Å²) in [7, 11) is 0. The lowest BCUT2D eigenvalue weighted by Crippen LogP contribution is -2.44. The summed E-state index contributed by atoms with van der Waals surface area (Å²) >= 11 is 0. The largest absolute Gasteiger partial charge is 0.301 e. The van der Waals surface area contributed by atoms with E-state index in [0.29, 0.717) is 12.1 Å². The third-order valence-corrected chi connectivity index (χ3v) is 3.82. The van der Waals surface area contributed by atoms with Gasteiger partial charge in [-0.2, -0.15) is 0 Å². The van der Waals surface area contributed by atoms with Crippen molar-refractivity contribution >= 4 is 0 Å². The molecular weight excluding hydrogens is 170 g/mol. The van der Waals surface area contributed by atoms with Gasteiger partial charge in [0, 0.05) is 6.04 Å². The number of nitrogens with one attached hydrogen (secondary N) is 1. The van der Waals surface area contributed by atoms with Crippen LogP contribution in [0, 0.1) is 18.3 Å². The molecule has 78 valence electrons. The summed E-state index contributed by atoms with van der Waals surface area (Å²) in [6.07, 6.45) is 16.5. The molecule has 14 heavy (non-hydrogen) atoms. The van der Waals surface area contributed by atoms with E-state index in [1.165, 1.54) is 51.4 Å². The first-order valence-corrected chi connectivity index (χ1v) is 6.12. The summed E-state index contributed by atoms with van der Waals surface area (Å²) < 4.78 is 0. The molecule has 2 aliphatic carbocycles. The van der Waals surface area contributed by atoms with Crippen LogP contribution in [0.15, 0.2) is 0 Å². The lowest BCUT2D eigenvalue weighted by atomic mass is 9.79. The summed E-state index contributed by atoms with van der Waals surface area (Å²) in [5.41, 5.74) is 0. The molecule has 2 saturated carbocycles. The normalized spacial score (nSPS) is 26.5. The maximum absolute atomic E-state index is 5.59. The zero-order valence-corrected chi connectivity index (χ0v) is 8.97. The first kappa shape index (κ1) is 10.1. The highest BCUT2D eigenvalue weighted by atomic mass is 15.0. The predicted molar refractivity (Wildman–Crippen MR) is 60.0 cm³/mol. The van der Waals surface area contributed by atoms with Crippen LogP contribution in [0.1, 0.15) is 51.4 Å². The fourth-order valence-electron chi connectivity index (χ4n) is 2.62. The average molecular weight is 191 g/mol. The molecule has 0 saturated heterocycles. The van der Waals surface area contributed by atoms with Crippen LogP contribution >= 0.6 is 0 Å². The minimum Gasteiger partial charge on any atom is -0.301 e. The molecule has 1 N–H and O–H groups in total. The topological polar surface area (TPSA) is 12.0 Å². The Bertz CT molecular complexity index is 206. The van der Waals surface area contributed by atoms with Crippen LogP contribution in [0.25, 0.3) is 0 Å². The van der Waals surface area contributed by atoms with Gasteiger partial charge in [-0.1, -0.05) is 31.6 Å². The van der Waals surface area contributed by atoms with Gasteiger partial charge < -0.3 is 5.32 Å². The fraction of sp³-hybridized carbons (Fsp3) is 0.846. The van der Waals surface area contributed by atoms with Crippen LogP contribution in [-0.2, 0) is 0 Å². The van der Waals surface area contributed by atoms with Gasteiger partial charge in [-0.25, -0.2) is 0 Å². The molecule has 2 fully saturated rings. The highest BCUT2D eigenvalue weighted by molar-refractivity contribution is 5.05. The Kier molecular flexibility index (Phi) is 3.48. The lowest BCUT2D eigenvalue weighted by Gasteiger charge is -2.35. The molecule has 0 aliphatic heterocycles. The van der Waals surface area contributed by atoms with Crippen LogP contribution in [0.2, 0.25) is 0 Å². The minimum absolute atomic E-state index is 0.367. The molecule has 1 heteroatoms. The van der Waals surface area contributed by atoms with Crippen molar-refractivity contribution in [2.24, 2.45) is 5.92 Å². The van der Waals surface area contributed by atoms with Gasteiger partial charge in [-0.15, -0.1) is 6.42 Å². The van der Waals surface area contributed by atoms with E-state index in [1.807, 2.05) is 0 Å². The van der Waals surface area contributed by atoms with Crippen molar-refractivity contribution in [1.82, 2.24) is 5.32 Å². The Morgan fingerprint density at radius 2 is 1.71 bits per heavy atom. The Morgan fingerprint density at radius 1 is 1.00 bits per heavy atom. The molecule has 2 aliphatic rings. The average Bonchev–Trinajstić information content (AvgIpc) is 2.15. The number of hydrogen-bond acceptors (Lipinski definition) is 1. The highest BCUT2D eigenvalue weighted by Crippen LogP contribution is 2.30. The summed E-state index contributed by atoms with van der Waals surface area (Å²) in [5.74, 6) is 3.72. The monoisotopic (exact) mass is 191 g/mol. The molecule has 0 aromatic heterocycles. The molecule has 0 aromatic rings. The first-order valence-electron chi connectivity index (χ1n) is 6.12. The number of rotatable bonds is 3. The molecule has 0 aromatic carbocycles. The molecule has 1 nitrogen and oxygen atoms in total. The van der Waals surface area contributed by atoms with E-state index in [0.717, 1.165) is 5.92 Å². The van der Waals surface area contributed by atoms with Crippen molar-refractivity contribution < 1.29 is 0 Å². The second kappa shape index (κ2) is 4.84. The SMILES string of the molecule is C#CC(NC1CCCCC1)C1CCC1. The summed E-state index contributed by atoms with van der Waals surface area (Å²) in [6, 6.07) is 1.08. The van der Waals surface area contributed by atoms with Crippen LogP contribution in [0.4, 0.5) is 0 Å². The number of hydrogen-bond donors (Lipinski definition) is 1. The maximum atomic E-state index is 5.59. The van der Waals surface area contributed by atoms with E-state index < -0.39 is 0 Å². The Morgan fingerprint density at radius 3 is 2.21 bits per heavy atom. The molecular formula is C13H21N. The van der Waals surface area contributed by atoms with Gasteiger partial charge in [-0.3, -0.25) is 0 Å². The molecule has 1 unspecified atom stereocenters. The molecule has 0 spiro atoms. The van der Waals surface area contributed by atoms with Crippen LogP contribution in [0.5, 0.6) is 0 Å². The second-order valence-electron chi connectivity index (χ2n) is 4.84. The Labute approximate surface area is 87.7 Å². The van der Waals surface area contributed by atoms with Crippen LogP contribution < -0.4 is 5.32 Å². The molecule has 1 atom stereocenters. The lowest BCUT2D eigenvalue weighted by molar-refractivity contribution is 0.235. The third-order valence-electron chi connectivity index (χ3n) is 3.82. The van der Waals surface area contributed by atoms with Crippen molar-refractivity contribution in [2.45, 2.75) is 63.5 Å². The maximum Gasteiger partial charge on any atom is 0.0717 e. The van der Waals surface area contributed by atoms with E-state index in [9.17, 15) is 0 Å². The van der Waals surface area contributed by atoms with E-state index in [-0.39, 0.29) is 0 Å². The minimum atomic E-state index is 0.367. The Balaban J connectivity index is 1.78. The van der Waals surface area contributed by atoms with Gasteiger partial charge >= 0.3 is 0 Å². The van der Waals surface area contributed by atoms with Gasteiger partial charge in [0.1, 0.15) is 0 Å². The first-order chi connectivity index (χ1) is 6.90. The van der Waals surface area contributed by atoms with E-state index in [1.54, 1.807) is 0 Å². The molecule has 0 amide bonds. The van der Waals surface area contributed by atoms with E-state index in [4.69, 9.17) is 6.42 Å². The van der Waals surface area contributed by atoms with Crippen LogP contribution in [0.3, 0.4) is 0 Å². The summed E-state index contributed by atoms with van der Waals surface area (Å²) in [5, 5.41) is 3.67.